The van der Waals surface area contributed by atoms with Crippen molar-refractivity contribution in [1.82, 2.24) is 4.90 Å². The smallest absolute Gasteiger partial charge is 0.0367 e. The van der Waals surface area contributed by atoms with Crippen LogP contribution >= 0.6 is 15.9 Å². The maximum atomic E-state index is 5.62. The van der Waals surface area contributed by atoms with Crippen LogP contribution in [0.4, 0.5) is 5.69 Å². The van der Waals surface area contributed by atoms with Crippen LogP contribution in [0.1, 0.15) is 6.92 Å². The van der Waals surface area contributed by atoms with E-state index in [2.05, 4.69) is 56.9 Å². The SMILES string of the molecule is CC1CN(c2ccc(Br)cc2)CCN1CCN. The summed E-state index contributed by atoms with van der Waals surface area (Å²) in [5, 5.41) is 0. The minimum Gasteiger partial charge on any atom is -0.369 e. The Labute approximate surface area is 112 Å². The summed E-state index contributed by atoms with van der Waals surface area (Å²) < 4.78 is 1.14. The second kappa shape index (κ2) is 5.85. The highest BCUT2D eigenvalue weighted by Crippen LogP contribution is 2.21. The lowest BCUT2D eigenvalue weighted by Crippen LogP contribution is -2.53. The molecule has 0 amide bonds. The van der Waals surface area contributed by atoms with Gasteiger partial charge in [0, 0.05) is 48.9 Å². The number of rotatable bonds is 3. The zero-order chi connectivity index (χ0) is 12.3. The van der Waals surface area contributed by atoms with Gasteiger partial charge in [0.15, 0.2) is 0 Å². The summed E-state index contributed by atoms with van der Waals surface area (Å²) in [5.41, 5.74) is 6.94. The van der Waals surface area contributed by atoms with Gasteiger partial charge in [-0.1, -0.05) is 15.9 Å². The Morgan fingerprint density at radius 3 is 2.59 bits per heavy atom. The first-order valence-corrected chi connectivity index (χ1v) is 6.94. The zero-order valence-corrected chi connectivity index (χ0v) is 11.9. The largest absolute Gasteiger partial charge is 0.369 e. The van der Waals surface area contributed by atoms with Crippen LogP contribution in [0.25, 0.3) is 0 Å². The molecule has 2 rings (SSSR count). The van der Waals surface area contributed by atoms with Crippen LogP contribution < -0.4 is 10.6 Å². The van der Waals surface area contributed by atoms with Crippen molar-refractivity contribution in [2.24, 2.45) is 5.73 Å². The van der Waals surface area contributed by atoms with Crippen molar-refractivity contribution in [2.75, 3.05) is 37.6 Å². The third-order valence-electron chi connectivity index (χ3n) is 3.37. The van der Waals surface area contributed by atoms with Gasteiger partial charge in [0.25, 0.3) is 0 Å². The highest BCUT2D eigenvalue weighted by Gasteiger charge is 2.22. The normalized spacial score (nSPS) is 21.8. The third-order valence-corrected chi connectivity index (χ3v) is 3.90. The highest BCUT2D eigenvalue weighted by molar-refractivity contribution is 9.10. The summed E-state index contributed by atoms with van der Waals surface area (Å²) in [4.78, 5) is 4.92. The summed E-state index contributed by atoms with van der Waals surface area (Å²) in [7, 11) is 0. The topological polar surface area (TPSA) is 32.5 Å². The van der Waals surface area contributed by atoms with Crippen LogP contribution in [-0.2, 0) is 0 Å². The maximum Gasteiger partial charge on any atom is 0.0367 e. The van der Waals surface area contributed by atoms with Gasteiger partial charge in [-0.2, -0.15) is 0 Å². The molecule has 0 spiro atoms. The number of hydrogen-bond donors (Lipinski definition) is 1. The predicted molar refractivity (Wildman–Crippen MR) is 76.4 cm³/mol. The third kappa shape index (κ3) is 3.21. The molecule has 0 aliphatic carbocycles. The molecule has 1 fully saturated rings. The van der Waals surface area contributed by atoms with E-state index in [0.717, 1.165) is 37.2 Å². The van der Waals surface area contributed by atoms with Gasteiger partial charge in [-0.05, 0) is 31.2 Å². The van der Waals surface area contributed by atoms with Crippen LogP contribution in [0.3, 0.4) is 0 Å². The van der Waals surface area contributed by atoms with Crippen molar-refractivity contribution in [2.45, 2.75) is 13.0 Å². The van der Waals surface area contributed by atoms with Crippen LogP contribution in [-0.4, -0.2) is 43.7 Å². The molecule has 2 N–H and O–H groups in total. The van der Waals surface area contributed by atoms with E-state index < -0.39 is 0 Å². The average molecular weight is 298 g/mol. The quantitative estimate of drug-likeness (QED) is 0.925. The lowest BCUT2D eigenvalue weighted by atomic mass is 10.1. The molecule has 1 atom stereocenters. The van der Waals surface area contributed by atoms with Crippen LogP contribution in [0.15, 0.2) is 28.7 Å². The first-order chi connectivity index (χ1) is 8.20. The average Bonchev–Trinajstić information content (AvgIpc) is 2.33. The maximum absolute atomic E-state index is 5.62. The molecule has 1 saturated heterocycles. The minimum absolute atomic E-state index is 0.580. The first-order valence-electron chi connectivity index (χ1n) is 6.15. The van der Waals surface area contributed by atoms with E-state index in [-0.39, 0.29) is 0 Å². The molecule has 0 saturated carbocycles. The monoisotopic (exact) mass is 297 g/mol. The molecular weight excluding hydrogens is 278 g/mol. The number of piperazine rings is 1. The summed E-state index contributed by atoms with van der Waals surface area (Å²) in [5.74, 6) is 0. The Morgan fingerprint density at radius 2 is 2.00 bits per heavy atom. The van der Waals surface area contributed by atoms with E-state index in [1.165, 1.54) is 5.69 Å². The Kier molecular flexibility index (Phi) is 4.42. The van der Waals surface area contributed by atoms with E-state index in [1.54, 1.807) is 0 Å². The van der Waals surface area contributed by atoms with E-state index in [4.69, 9.17) is 5.73 Å². The fraction of sp³-hybridized carbons (Fsp3) is 0.538. The first kappa shape index (κ1) is 12.9. The molecule has 4 heteroatoms. The highest BCUT2D eigenvalue weighted by atomic mass is 79.9. The van der Waals surface area contributed by atoms with E-state index in [9.17, 15) is 0 Å². The molecule has 1 aromatic rings. The molecule has 1 aromatic carbocycles. The van der Waals surface area contributed by atoms with E-state index in [0.29, 0.717) is 6.04 Å². The summed E-state index contributed by atoms with van der Waals surface area (Å²) in [6.45, 7) is 7.32. The van der Waals surface area contributed by atoms with Gasteiger partial charge in [-0.3, -0.25) is 4.90 Å². The second-order valence-electron chi connectivity index (χ2n) is 4.60. The van der Waals surface area contributed by atoms with Gasteiger partial charge in [0.05, 0.1) is 0 Å². The zero-order valence-electron chi connectivity index (χ0n) is 10.3. The molecule has 1 heterocycles. The van der Waals surface area contributed by atoms with Crippen molar-refractivity contribution in [3.8, 4) is 0 Å². The fourth-order valence-corrected chi connectivity index (χ4v) is 2.64. The molecule has 1 aliphatic rings. The van der Waals surface area contributed by atoms with Crippen LogP contribution in [0.5, 0.6) is 0 Å². The Bertz CT molecular complexity index is 352. The van der Waals surface area contributed by atoms with Gasteiger partial charge in [0.1, 0.15) is 0 Å². The summed E-state index contributed by atoms with van der Waals surface area (Å²) >= 11 is 3.47. The van der Waals surface area contributed by atoms with Crippen molar-refractivity contribution >= 4 is 21.6 Å². The number of nitrogens with two attached hydrogens (primary N) is 1. The summed E-state index contributed by atoms with van der Waals surface area (Å²) in [6.07, 6.45) is 0. The van der Waals surface area contributed by atoms with Gasteiger partial charge in [-0.15, -0.1) is 0 Å². The van der Waals surface area contributed by atoms with Crippen LogP contribution in [0.2, 0.25) is 0 Å². The molecule has 94 valence electrons. The molecule has 3 nitrogen and oxygen atoms in total. The van der Waals surface area contributed by atoms with Crippen LogP contribution in [0, 0.1) is 0 Å². The molecule has 0 bridgehead atoms. The van der Waals surface area contributed by atoms with Crippen molar-refractivity contribution < 1.29 is 0 Å². The van der Waals surface area contributed by atoms with Crippen molar-refractivity contribution in [3.05, 3.63) is 28.7 Å². The van der Waals surface area contributed by atoms with Gasteiger partial charge < -0.3 is 10.6 Å². The predicted octanol–water partition coefficient (Wildman–Crippen LogP) is 1.92. The fourth-order valence-electron chi connectivity index (χ4n) is 2.38. The molecular formula is C13H20BrN3. The Morgan fingerprint density at radius 1 is 1.29 bits per heavy atom. The summed E-state index contributed by atoms with van der Waals surface area (Å²) in [6, 6.07) is 9.14. The number of hydrogen-bond acceptors (Lipinski definition) is 3. The van der Waals surface area contributed by atoms with E-state index >= 15 is 0 Å². The molecule has 1 aliphatic heterocycles. The second-order valence-corrected chi connectivity index (χ2v) is 5.51. The molecule has 17 heavy (non-hydrogen) atoms. The number of halogens is 1. The Hall–Kier alpha value is -0.580. The number of benzene rings is 1. The molecule has 1 unspecified atom stereocenters. The van der Waals surface area contributed by atoms with Gasteiger partial charge >= 0.3 is 0 Å². The number of nitrogens with zero attached hydrogens (tertiary/aromatic N) is 2. The standard InChI is InChI=1S/C13H20BrN3/c1-11-10-17(9-8-16(11)7-6-15)13-4-2-12(14)3-5-13/h2-5,11H,6-10,15H2,1H3. The molecule has 0 aromatic heterocycles. The van der Waals surface area contributed by atoms with Gasteiger partial charge in [-0.25, -0.2) is 0 Å². The number of anilines is 1. The van der Waals surface area contributed by atoms with Crippen molar-refractivity contribution in [1.29, 1.82) is 0 Å². The van der Waals surface area contributed by atoms with Gasteiger partial charge in [0.2, 0.25) is 0 Å². The lowest BCUT2D eigenvalue weighted by molar-refractivity contribution is 0.195. The minimum atomic E-state index is 0.580. The molecule has 0 radical (unpaired) electrons. The van der Waals surface area contributed by atoms with E-state index in [1.807, 2.05) is 0 Å². The lowest BCUT2D eigenvalue weighted by Gasteiger charge is -2.40. The van der Waals surface area contributed by atoms with Crippen molar-refractivity contribution in [3.63, 3.8) is 0 Å². The Balaban J connectivity index is 1.99.